The number of nitrogens with zero attached hydrogens (tertiary/aromatic N) is 4. The van der Waals surface area contributed by atoms with Crippen LogP contribution < -0.4 is 5.73 Å². The highest BCUT2D eigenvalue weighted by Gasteiger charge is 2.54. The van der Waals surface area contributed by atoms with Gasteiger partial charge in [-0.25, -0.2) is 8.42 Å². The normalized spacial score (nSPS) is 23.2. The standard InChI is InChI=1S/C25H31Cl2N5O4S/c1-15(2)30-14-23-31(37(35,36)22-10-7-17(26)12-19(22)27)13-21(29(3)4)25(34)32(23)20(24(30)33)11-16-5-8-18(28)9-6-16/h5-10,12,15,20-21,23H,11,13-14,28H2,1-4H3. The first-order chi connectivity index (χ1) is 17.3. The Balaban J connectivity index is 1.84. The van der Waals surface area contributed by atoms with E-state index in [2.05, 4.69) is 0 Å². The lowest BCUT2D eigenvalue weighted by Crippen LogP contribution is -2.76. The van der Waals surface area contributed by atoms with Gasteiger partial charge in [-0.2, -0.15) is 4.31 Å². The second kappa shape index (κ2) is 10.4. The Bertz CT molecular complexity index is 1300. The highest BCUT2D eigenvalue weighted by molar-refractivity contribution is 7.89. The number of carbonyl (C=O) groups excluding carboxylic acids is 2. The van der Waals surface area contributed by atoms with E-state index in [9.17, 15) is 18.0 Å². The maximum absolute atomic E-state index is 14.0. The average Bonchev–Trinajstić information content (AvgIpc) is 2.81. The molecule has 0 saturated carbocycles. The van der Waals surface area contributed by atoms with E-state index in [1.807, 2.05) is 26.0 Å². The quantitative estimate of drug-likeness (QED) is 0.537. The zero-order valence-electron chi connectivity index (χ0n) is 21.1. The van der Waals surface area contributed by atoms with Crippen LogP contribution in [0.3, 0.4) is 0 Å². The Morgan fingerprint density at radius 3 is 2.24 bits per heavy atom. The smallest absolute Gasteiger partial charge is 0.246 e. The van der Waals surface area contributed by atoms with Gasteiger partial charge in [-0.15, -0.1) is 0 Å². The number of anilines is 1. The fourth-order valence-corrected chi connectivity index (χ4v) is 7.25. The summed E-state index contributed by atoms with van der Waals surface area (Å²) in [5, 5.41) is 0.298. The molecule has 2 N–H and O–H groups in total. The van der Waals surface area contributed by atoms with E-state index in [0.717, 1.165) is 5.56 Å². The first-order valence-electron chi connectivity index (χ1n) is 11.9. The van der Waals surface area contributed by atoms with Crippen LogP contribution in [0.15, 0.2) is 47.4 Å². The second-order valence-electron chi connectivity index (χ2n) is 9.90. The van der Waals surface area contributed by atoms with Crippen molar-refractivity contribution in [3.63, 3.8) is 0 Å². The number of benzene rings is 2. The first-order valence-corrected chi connectivity index (χ1v) is 14.1. The number of likely N-dealkylation sites (N-methyl/N-ethyl adjacent to an activating group) is 1. The first kappa shape index (κ1) is 27.7. The largest absolute Gasteiger partial charge is 0.399 e. The van der Waals surface area contributed by atoms with E-state index in [0.29, 0.717) is 10.7 Å². The van der Waals surface area contributed by atoms with Gasteiger partial charge < -0.3 is 15.5 Å². The number of fused-ring (bicyclic) bond motifs is 1. The Kier molecular flexibility index (Phi) is 7.79. The van der Waals surface area contributed by atoms with Gasteiger partial charge in [0.1, 0.15) is 23.1 Å². The molecule has 0 radical (unpaired) electrons. The summed E-state index contributed by atoms with van der Waals surface area (Å²) in [6.45, 7) is 3.71. The summed E-state index contributed by atoms with van der Waals surface area (Å²) in [4.78, 5) is 32.2. The van der Waals surface area contributed by atoms with Crippen LogP contribution in [0, 0.1) is 0 Å². The Hall–Kier alpha value is -2.37. The van der Waals surface area contributed by atoms with E-state index < -0.39 is 28.3 Å². The number of hydrogen-bond acceptors (Lipinski definition) is 6. The molecule has 2 fully saturated rings. The van der Waals surface area contributed by atoms with E-state index in [4.69, 9.17) is 28.9 Å². The number of amides is 2. The molecule has 2 heterocycles. The summed E-state index contributed by atoms with van der Waals surface area (Å²) in [5.41, 5.74) is 7.23. The lowest BCUT2D eigenvalue weighted by atomic mass is 9.96. The van der Waals surface area contributed by atoms with Gasteiger partial charge in [0.15, 0.2) is 0 Å². The van der Waals surface area contributed by atoms with Crippen LogP contribution in [0.1, 0.15) is 19.4 Å². The molecule has 0 spiro atoms. The van der Waals surface area contributed by atoms with Gasteiger partial charge in [-0.3, -0.25) is 14.5 Å². The molecule has 2 amide bonds. The minimum Gasteiger partial charge on any atom is -0.399 e. The molecule has 9 nitrogen and oxygen atoms in total. The molecule has 3 unspecified atom stereocenters. The van der Waals surface area contributed by atoms with Crippen molar-refractivity contribution in [1.82, 2.24) is 19.0 Å². The molecule has 37 heavy (non-hydrogen) atoms. The van der Waals surface area contributed by atoms with E-state index in [1.165, 1.54) is 27.4 Å². The molecule has 0 aromatic heterocycles. The number of nitrogen functional groups attached to an aromatic ring is 1. The van der Waals surface area contributed by atoms with Gasteiger partial charge in [0, 0.05) is 29.7 Å². The summed E-state index contributed by atoms with van der Waals surface area (Å²) < 4.78 is 29.4. The highest BCUT2D eigenvalue weighted by Crippen LogP contribution is 2.35. The predicted octanol–water partition coefficient (Wildman–Crippen LogP) is 2.53. The lowest BCUT2D eigenvalue weighted by Gasteiger charge is -2.54. The van der Waals surface area contributed by atoms with E-state index >= 15 is 0 Å². The van der Waals surface area contributed by atoms with Crippen LogP contribution in [0.2, 0.25) is 10.0 Å². The van der Waals surface area contributed by atoms with Crippen LogP contribution in [0.4, 0.5) is 5.69 Å². The lowest BCUT2D eigenvalue weighted by molar-refractivity contribution is -0.171. The van der Waals surface area contributed by atoms with Crippen molar-refractivity contribution >= 4 is 50.7 Å². The minimum absolute atomic E-state index is 0.0108. The van der Waals surface area contributed by atoms with Crippen molar-refractivity contribution in [2.24, 2.45) is 0 Å². The fourth-order valence-electron chi connectivity index (χ4n) is 4.93. The van der Waals surface area contributed by atoms with Crippen molar-refractivity contribution in [1.29, 1.82) is 0 Å². The SMILES string of the molecule is CC(C)N1CC2N(C(=O)C(N(C)C)CN2S(=O)(=O)c2ccc(Cl)cc2Cl)C(Cc2ccc(N)cc2)C1=O. The number of nitrogens with two attached hydrogens (primary N) is 1. The molecule has 2 aliphatic rings. The molecule has 12 heteroatoms. The van der Waals surface area contributed by atoms with Crippen molar-refractivity contribution < 1.29 is 18.0 Å². The highest BCUT2D eigenvalue weighted by atomic mass is 35.5. The average molecular weight is 569 g/mol. The monoisotopic (exact) mass is 567 g/mol. The Morgan fingerprint density at radius 1 is 1.03 bits per heavy atom. The number of sulfonamides is 1. The molecule has 2 aromatic carbocycles. The van der Waals surface area contributed by atoms with Crippen LogP contribution in [-0.2, 0) is 26.0 Å². The van der Waals surface area contributed by atoms with Gasteiger partial charge in [0.2, 0.25) is 21.8 Å². The number of rotatable bonds is 6. The molecule has 2 saturated heterocycles. The van der Waals surface area contributed by atoms with Crippen molar-refractivity contribution in [2.45, 2.75) is 49.5 Å². The predicted molar refractivity (Wildman–Crippen MR) is 144 cm³/mol. The number of halogens is 2. The molecule has 2 aliphatic heterocycles. The summed E-state index contributed by atoms with van der Waals surface area (Å²) in [5.74, 6) is -0.515. The van der Waals surface area contributed by atoms with Gasteiger partial charge in [0.05, 0.1) is 11.6 Å². The van der Waals surface area contributed by atoms with Gasteiger partial charge in [-0.05, 0) is 63.8 Å². The summed E-state index contributed by atoms with van der Waals surface area (Å²) in [7, 11) is -0.746. The maximum Gasteiger partial charge on any atom is 0.246 e. The van der Waals surface area contributed by atoms with Crippen molar-refractivity contribution in [3.8, 4) is 0 Å². The molecule has 3 atom stereocenters. The maximum atomic E-state index is 14.0. The summed E-state index contributed by atoms with van der Waals surface area (Å²) in [6, 6.07) is 9.42. The van der Waals surface area contributed by atoms with Crippen molar-refractivity contribution in [3.05, 3.63) is 58.1 Å². The number of carbonyl (C=O) groups is 2. The third-order valence-corrected chi connectivity index (χ3v) is 9.53. The number of piperazine rings is 1. The van der Waals surface area contributed by atoms with Crippen molar-refractivity contribution in [2.75, 3.05) is 32.9 Å². The molecular weight excluding hydrogens is 537 g/mol. The van der Waals surface area contributed by atoms with E-state index in [-0.39, 0.29) is 47.3 Å². The topological polar surface area (TPSA) is 107 Å². The summed E-state index contributed by atoms with van der Waals surface area (Å²) >= 11 is 12.3. The van der Waals surface area contributed by atoms with Gasteiger partial charge in [-0.1, -0.05) is 35.3 Å². The Labute approximate surface area is 227 Å². The van der Waals surface area contributed by atoms with Crippen LogP contribution in [-0.4, -0.2) is 90.7 Å². The zero-order valence-corrected chi connectivity index (χ0v) is 23.5. The minimum atomic E-state index is -4.17. The van der Waals surface area contributed by atoms with Gasteiger partial charge in [0.25, 0.3) is 0 Å². The van der Waals surface area contributed by atoms with Crippen LogP contribution >= 0.6 is 23.2 Å². The molecule has 0 bridgehead atoms. The third kappa shape index (κ3) is 5.18. The fraction of sp³-hybridized carbons (Fsp3) is 0.440. The van der Waals surface area contributed by atoms with E-state index in [1.54, 1.807) is 36.0 Å². The summed E-state index contributed by atoms with van der Waals surface area (Å²) in [6.07, 6.45) is -0.681. The van der Waals surface area contributed by atoms with Gasteiger partial charge >= 0.3 is 0 Å². The molecule has 2 aromatic rings. The molecule has 0 aliphatic carbocycles. The zero-order chi connectivity index (χ0) is 27.2. The van der Waals surface area contributed by atoms with Crippen LogP contribution in [0.5, 0.6) is 0 Å². The van der Waals surface area contributed by atoms with Crippen LogP contribution in [0.25, 0.3) is 0 Å². The Morgan fingerprint density at radius 2 is 1.68 bits per heavy atom. The molecule has 200 valence electrons. The third-order valence-electron chi connectivity index (χ3n) is 6.95. The second-order valence-corrected chi connectivity index (χ2v) is 12.6. The molecule has 4 rings (SSSR count). The molecular formula is C25H31Cl2N5O4S. The number of hydrogen-bond donors (Lipinski definition) is 1.